The van der Waals surface area contributed by atoms with Crippen LogP contribution in [0.1, 0.15) is 12.8 Å². The Bertz CT molecular complexity index is 329. The summed E-state index contributed by atoms with van der Waals surface area (Å²) < 4.78 is 10.5. The molecule has 0 saturated carbocycles. The molecule has 1 aromatic carbocycles. The Hall–Kier alpha value is -1.42. The summed E-state index contributed by atoms with van der Waals surface area (Å²) in [7, 11) is 5.31. The Kier molecular flexibility index (Phi) is 6.25. The molecule has 1 aromatic rings. The van der Waals surface area contributed by atoms with E-state index in [4.69, 9.17) is 9.47 Å². The Morgan fingerprint density at radius 1 is 1.06 bits per heavy atom. The number of hydrogen-bond acceptors (Lipinski definition) is 4. The highest BCUT2D eigenvalue weighted by Crippen LogP contribution is 2.28. The fourth-order valence-electron chi connectivity index (χ4n) is 1.60. The molecule has 2 N–H and O–H groups in total. The lowest BCUT2D eigenvalue weighted by Crippen LogP contribution is -2.10. The molecule has 0 aliphatic carbocycles. The zero-order chi connectivity index (χ0) is 12.5. The molecule has 0 bridgehead atoms. The first-order valence-electron chi connectivity index (χ1n) is 5.92. The number of unbranched alkanes of at least 4 members (excludes halogenated alkanes) is 1. The van der Waals surface area contributed by atoms with Crippen molar-refractivity contribution in [3.8, 4) is 11.5 Å². The van der Waals surface area contributed by atoms with E-state index in [1.165, 1.54) is 0 Å². The minimum Gasteiger partial charge on any atom is -0.497 e. The zero-order valence-electron chi connectivity index (χ0n) is 10.9. The van der Waals surface area contributed by atoms with Crippen LogP contribution in [0.3, 0.4) is 0 Å². The fourth-order valence-corrected chi connectivity index (χ4v) is 1.60. The van der Waals surface area contributed by atoms with E-state index in [2.05, 4.69) is 10.6 Å². The Morgan fingerprint density at radius 2 is 1.82 bits per heavy atom. The van der Waals surface area contributed by atoms with Crippen molar-refractivity contribution in [3.05, 3.63) is 18.2 Å². The smallest absolute Gasteiger partial charge is 0.142 e. The molecule has 17 heavy (non-hydrogen) atoms. The number of rotatable bonds is 8. The molecule has 0 saturated heterocycles. The lowest BCUT2D eigenvalue weighted by molar-refractivity contribution is 0.404. The lowest BCUT2D eigenvalue weighted by atomic mass is 10.2. The highest BCUT2D eigenvalue weighted by atomic mass is 16.5. The van der Waals surface area contributed by atoms with Crippen LogP contribution in [0.4, 0.5) is 5.69 Å². The predicted octanol–water partition coefficient (Wildman–Crippen LogP) is 2.12. The van der Waals surface area contributed by atoms with E-state index in [-0.39, 0.29) is 0 Å². The average Bonchev–Trinajstić information content (AvgIpc) is 2.38. The van der Waals surface area contributed by atoms with Crippen molar-refractivity contribution in [2.45, 2.75) is 12.8 Å². The van der Waals surface area contributed by atoms with Gasteiger partial charge in [0.15, 0.2) is 0 Å². The molecule has 4 heteroatoms. The summed E-state index contributed by atoms with van der Waals surface area (Å²) in [6, 6.07) is 5.76. The van der Waals surface area contributed by atoms with Crippen LogP contribution < -0.4 is 20.1 Å². The van der Waals surface area contributed by atoms with Gasteiger partial charge in [-0.25, -0.2) is 0 Å². The van der Waals surface area contributed by atoms with E-state index in [1.54, 1.807) is 14.2 Å². The first kappa shape index (κ1) is 13.6. The number of methoxy groups -OCH3 is 2. The van der Waals surface area contributed by atoms with Crippen LogP contribution in [0.5, 0.6) is 11.5 Å². The molecule has 4 nitrogen and oxygen atoms in total. The molecular weight excluding hydrogens is 216 g/mol. The van der Waals surface area contributed by atoms with E-state index in [9.17, 15) is 0 Å². The maximum Gasteiger partial charge on any atom is 0.142 e. The SMILES string of the molecule is CNCCCCNc1cc(OC)ccc1OC. The van der Waals surface area contributed by atoms with Gasteiger partial charge in [0, 0.05) is 12.6 Å². The van der Waals surface area contributed by atoms with Gasteiger partial charge in [-0.1, -0.05) is 0 Å². The second-order valence-corrected chi connectivity index (χ2v) is 3.80. The van der Waals surface area contributed by atoms with E-state index in [0.717, 1.165) is 43.1 Å². The van der Waals surface area contributed by atoms with Crippen LogP contribution in [-0.2, 0) is 0 Å². The van der Waals surface area contributed by atoms with Crippen molar-refractivity contribution in [3.63, 3.8) is 0 Å². The van der Waals surface area contributed by atoms with E-state index in [1.807, 2.05) is 25.2 Å². The molecule has 0 radical (unpaired) electrons. The van der Waals surface area contributed by atoms with E-state index < -0.39 is 0 Å². The number of anilines is 1. The third-order valence-corrected chi connectivity index (χ3v) is 2.58. The maximum absolute atomic E-state index is 5.29. The van der Waals surface area contributed by atoms with E-state index in [0.29, 0.717) is 0 Å². The van der Waals surface area contributed by atoms with Crippen molar-refractivity contribution in [2.24, 2.45) is 0 Å². The van der Waals surface area contributed by atoms with Crippen molar-refractivity contribution in [2.75, 3.05) is 39.7 Å². The number of benzene rings is 1. The molecule has 0 unspecified atom stereocenters. The van der Waals surface area contributed by atoms with Gasteiger partial charge in [0.2, 0.25) is 0 Å². The first-order valence-corrected chi connectivity index (χ1v) is 5.92. The van der Waals surface area contributed by atoms with Crippen molar-refractivity contribution in [1.29, 1.82) is 0 Å². The van der Waals surface area contributed by atoms with Gasteiger partial charge in [-0.05, 0) is 38.6 Å². The molecule has 0 atom stereocenters. The van der Waals surface area contributed by atoms with Crippen molar-refractivity contribution < 1.29 is 9.47 Å². The molecule has 0 spiro atoms. The molecule has 0 heterocycles. The van der Waals surface area contributed by atoms with E-state index >= 15 is 0 Å². The van der Waals surface area contributed by atoms with Gasteiger partial charge in [0.25, 0.3) is 0 Å². The van der Waals surface area contributed by atoms with Crippen molar-refractivity contribution >= 4 is 5.69 Å². The molecule has 1 rings (SSSR count). The standard InChI is InChI=1S/C13H22N2O2/c1-14-8-4-5-9-15-12-10-11(16-2)6-7-13(12)17-3/h6-7,10,14-15H,4-5,8-9H2,1-3H3. The van der Waals surface area contributed by atoms with Gasteiger partial charge in [-0.3, -0.25) is 0 Å². The fraction of sp³-hybridized carbons (Fsp3) is 0.538. The number of hydrogen-bond donors (Lipinski definition) is 2. The van der Waals surface area contributed by atoms with Crippen LogP contribution in [0.25, 0.3) is 0 Å². The summed E-state index contributed by atoms with van der Waals surface area (Å²) in [5.41, 5.74) is 0.983. The molecule has 0 aromatic heterocycles. The number of ether oxygens (including phenoxy) is 2. The highest BCUT2D eigenvalue weighted by molar-refractivity contribution is 5.59. The molecule has 96 valence electrons. The van der Waals surface area contributed by atoms with Gasteiger partial charge in [-0.15, -0.1) is 0 Å². The third-order valence-electron chi connectivity index (χ3n) is 2.58. The second kappa shape index (κ2) is 7.79. The van der Waals surface area contributed by atoms with Gasteiger partial charge >= 0.3 is 0 Å². The molecule has 0 aliphatic heterocycles. The molecule has 0 amide bonds. The zero-order valence-corrected chi connectivity index (χ0v) is 10.9. The summed E-state index contributed by atoms with van der Waals surface area (Å²) in [6.45, 7) is 1.99. The molecular formula is C13H22N2O2. The predicted molar refractivity (Wildman–Crippen MR) is 71.2 cm³/mol. The Labute approximate surface area is 103 Å². The lowest BCUT2D eigenvalue weighted by Gasteiger charge is -2.12. The first-order chi connectivity index (χ1) is 8.31. The van der Waals surface area contributed by atoms with Crippen LogP contribution in [0.2, 0.25) is 0 Å². The van der Waals surface area contributed by atoms with Gasteiger partial charge in [0.05, 0.1) is 19.9 Å². The number of nitrogens with one attached hydrogen (secondary N) is 2. The molecule has 0 fully saturated rings. The topological polar surface area (TPSA) is 42.5 Å². The summed E-state index contributed by atoms with van der Waals surface area (Å²) in [5, 5.41) is 6.50. The minimum atomic E-state index is 0.837. The van der Waals surface area contributed by atoms with Gasteiger partial charge < -0.3 is 20.1 Å². The normalized spacial score (nSPS) is 10.1. The van der Waals surface area contributed by atoms with Crippen LogP contribution in [0, 0.1) is 0 Å². The van der Waals surface area contributed by atoms with Crippen LogP contribution in [0.15, 0.2) is 18.2 Å². The second-order valence-electron chi connectivity index (χ2n) is 3.80. The molecule has 0 aliphatic rings. The maximum atomic E-state index is 5.29. The highest BCUT2D eigenvalue weighted by Gasteiger charge is 2.03. The third kappa shape index (κ3) is 4.53. The summed E-state index contributed by atoms with van der Waals surface area (Å²) in [6.07, 6.45) is 2.29. The minimum absolute atomic E-state index is 0.837. The summed E-state index contributed by atoms with van der Waals surface area (Å²) in [4.78, 5) is 0. The van der Waals surface area contributed by atoms with Crippen LogP contribution >= 0.6 is 0 Å². The summed E-state index contributed by atoms with van der Waals surface area (Å²) in [5.74, 6) is 1.68. The average molecular weight is 238 g/mol. The van der Waals surface area contributed by atoms with Crippen LogP contribution in [-0.4, -0.2) is 34.4 Å². The Morgan fingerprint density at radius 3 is 2.47 bits per heavy atom. The quantitative estimate of drug-likeness (QED) is 0.681. The van der Waals surface area contributed by atoms with Gasteiger partial charge in [0.1, 0.15) is 11.5 Å². The monoisotopic (exact) mass is 238 g/mol. The Balaban J connectivity index is 2.49. The summed E-state index contributed by atoms with van der Waals surface area (Å²) >= 11 is 0. The van der Waals surface area contributed by atoms with Gasteiger partial charge in [-0.2, -0.15) is 0 Å². The van der Waals surface area contributed by atoms with Crippen molar-refractivity contribution in [1.82, 2.24) is 5.32 Å². The largest absolute Gasteiger partial charge is 0.497 e.